The minimum absolute atomic E-state index is 0.117. The van der Waals surface area contributed by atoms with Gasteiger partial charge in [-0.3, -0.25) is 4.79 Å². The summed E-state index contributed by atoms with van der Waals surface area (Å²) in [6, 6.07) is 4.33. The van der Waals surface area contributed by atoms with E-state index in [9.17, 15) is 9.18 Å². The summed E-state index contributed by atoms with van der Waals surface area (Å²) in [6.45, 7) is 0. The molecule has 0 radical (unpaired) electrons. The van der Waals surface area contributed by atoms with Crippen LogP contribution in [-0.4, -0.2) is 12.9 Å². The van der Waals surface area contributed by atoms with Gasteiger partial charge in [-0.1, -0.05) is 12.0 Å². The maximum Gasteiger partial charge on any atom is 0.185 e. The molecule has 1 aliphatic rings. The zero-order valence-corrected chi connectivity index (χ0v) is 10.5. The first kappa shape index (κ1) is 12.8. The highest BCUT2D eigenvalue weighted by Gasteiger charge is 2.11. The zero-order valence-electron chi connectivity index (χ0n) is 10.5. The monoisotopic (exact) mass is 248 g/mol. The largest absolute Gasteiger partial charge is 0.494 e. The second-order valence-electron chi connectivity index (χ2n) is 4.58. The van der Waals surface area contributed by atoms with Crippen LogP contribution < -0.4 is 4.74 Å². The minimum atomic E-state index is -0.495. The molecule has 0 saturated heterocycles. The van der Waals surface area contributed by atoms with E-state index in [2.05, 4.69) is 0 Å². The predicted octanol–water partition coefficient (Wildman–Crippen LogP) is 3.91. The predicted molar refractivity (Wildman–Crippen MR) is 68.5 cm³/mol. The van der Waals surface area contributed by atoms with Crippen molar-refractivity contribution in [3.05, 3.63) is 41.2 Å². The van der Waals surface area contributed by atoms with Crippen LogP contribution in [0.5, 0.6) is 5.75 Å². The second-order valence-corrected chi connectivity index (χ2v) is 4.58. The molecule has 1 saturated carbocycles. The van der Waals surface area contributed by atoms with Crippen LogP contribution in [0.3, 0.4) is 0 Å². The van der Waals surface area contributed by atoms with Gasteiger partial charge in [0.05, 0.1) is 7.11 Å². The number of ether oxygens (including phenoxy) is 1. The van der Waals surface area contributed by atoms with Crippen molar-refractivity contribution in [2.75, 3.05) is 7.11 Å². The third-order valence-corrected chi connectivity index (χ3v) is 3.27. The van der Waals surface area contributed by atoms with Crippen LogP contribution in [0.15, 0.2) is 29.8 Å². The molecule has 0 unspecified atom stereocenters. The number of ketones is 1. The van der Waals surface area contributed by atoms with Crippen LogP contribution in [0, 0.1) is 5.82 Å². The van der Waals surface area contributed by atoms with Gasteiger partial charge in [-0.2, -0.15) is 0 Å². The first-order valence-electron chi connectivity index (χ1n) is 6.28. The molecule has 0 aromatic heterocycles. The van der Waals surface area contributed by atoms with Gasteiger partial charge in [0.15, 0.2) is 17.3 Å². The number of carbonyl (C=O) groups is 1. The van der Waals surface area contributed by atoms with Crippen LogP contribution >= 0.6 is 0 Å². The van der Waals surface area contributed by atoms with Crippen molar-refractivity contribution >= 4 is 5.78 Å². The van der Waals surface area contributed by atoms with Gasteiger partial charge < -0.3 is 4.74 Å². The molecule has 0 atom stereocenters. The Bertz CT molecular complexity index is 469. The lowest BCUT2D eigenvalue weighted by Gasteiger charge is -2.13. The van der Waals surface area contributed by atoms with E-state index >= 15 is 0 Å². The van der Waals surface area contributed by atoms with Crippen molar-refractivity contribution in [1.82, 2.24) is 0 Å². The van der Waals surface area contributed by atoms with Crippen molar-refractivity contribution in [1.29, 1.82) is 0 Å². The van der Waals surface area contributed by atoms with Crippen LogP contribution in [-0.2, 0) is 0 Å². The number of benzene rings is 1. The van der Waals surface area contributed by atoms with E-state index in [0.717, 1.165) is 25.7 Å². The van der Waals surface area contributed by atoms with Crippen molar-refractivity contribution in [3.63, 3.8) is 0 Å². The summed E-state index contributed by atoms with van der Waals surface area (Å²) in [5.41, 5.74) is 1.56. The SMILES string of the molecule is COc1ccc(C(=O)C=C2CCCCC2)cc1F. The van der Waals surface area contributed by atoms with Gasteiger partial charge in [0.25, 0.3) is 0 Å². The van der Waals surface area contributed by atoms with Crippen LogP contribution in [0.1, 0.15) is 42.5 Å². The molecule has 0 amide bonds. The lowest BCUT2D eigenvalue weighted by molar-refractivity contribution is 0.104. The normalized spacial score (nSPS) is 15.3. The lowest BCUT2D eigenvalue weighted by atomic mass is 9.93. The fourth-order valence-corrected chi connectivity index (χ4v) is 2.24. The Morgan fingerprint density at radius 1 is 1.28 bits per heavy atom. The summed E-state index contributed by atoms with van der Waals surface area (Å²) < 4.78 is 18.3. The Morgan fingerprint density at radius 3 is 2.61 bits per heavy atom. The molecule has 0 heterocycles. The van der Waals surface area contributed by atoms with E-state index in [4.69, 9.17) is 4.74 Å². The van der Waals surface area contributed by atoms with Gasteiger partial charge in [-0.25, -0.2) is 4.39 Å². The molecule has 1 aliphatic carbocycles. The highest BCUT2D eigenvalue weighted by atomic mass is 19.1. The molecule has 1 aromatic rings. The van der Waals surface area contributed by atoms with Crippen molar-refractivity contribution < 1.29 is 13.9 Å². The fraction of sp³-hybridized carbons (Fsp3) is 0.400. The maximum atomic E-state index is 13.5. The van der Waals surface area contributed by atoms with Gasteiger partial charge in [0, 0.05) is 5.56 Å². The van der Waals surface area contributed by atoms with Crippen molar-refractivity contribution in [2.24, 2.45) is 0 Å². The first-order chi connectivity index (χ1) is 8.70. The number of carbonyl (C=O) groups excluding carboxylic acids is 1. The number of hydrogen-bond acceptors (Lipinski definition) is 2. The fourth-order valence-electron chi connectivity index (χ4n) is 2.24. The van der Waals surface area contributed by atoms with Crippen LogP contribution in [0.2, 0.25) is 0 Å². The van der Waals surface area contributed by atoms with Crippen molar-refractivity contribution in [3.8, 4) is 5.75 Å². The summed E-state index contributed by atoms with van der Waals surface area (Å²) >= 11 is 0. The molecule has 1 fully saturated rings. The summed E-state index contributed by atoms with van der Waals surface area (Å²) in [4.78, 5) is 12.0. The Balaban J connectivity index is 2.15. The highest BCUT2D eigenvalue weighted by molar-refractivity contribution is 6.05. The topological polar surface area (TPSA) is 26.3 Å². The molecule has 0 aliphatic heterocycles. The molecule has 0 N–H and O–H groups in total. The van der Waals surface area contributed by atoms with Gasteiger partial charge in [-0.15, -0.1) is 0 Å². The van der Waals surface area contributed by atoms with Gasteiger partial charge in [0.1, 0.15) is 0 Å². The van der Waals surface area contributed by atoms with Gasteiger partial charge in [0.2, 0.25) is 0 Å². The number of hydrogen-bond donors (Lipinski definition) is 0. The lowest BCUT2D eigenvalue weighted by Crippen LogP contribution is -2.01. The molecule has 2 rings (SSSR count). The first-order valence-corrected chi connectivity index (χ1v) is 6.28. The molecule has 2 nitrogen and oxygen atoms in total. The average molecular weight is 248 g/mol. The van der Waals surface area contributed by atoms with Gasteiger partial charge in [-0.05, 0) is 50.0 Å². The van der Waals surface area contributed by atoms with E-state index < -0.39 is 5.82 Å². The Kier molecular flexibility index (Phi) is 4.13. The summed E-state index contributed by atoms with van der Waals surface area (Å²) in [7, 11) is 1.41. The maximum absolute atomic E-state index is 13.5. The molecule has 0 bridgehead atoms. The molecule has 0 spiro atoms. The number of methoxy groups -OCH3 is 1. The third kappa shape index (κ3) is 2.97. The Hall–Kier alpha value is -1.64. The highest BCUT2D eigenvalue weighted by Crippen LogP contribution is 2.24. The van der Waals surface area contributed by atoms with Crippen LogP contribution in [0.25, 0.3) is 0 Å². The molecule has 1 aromatic carbocycles. The second kappa shape index (κ2) is 5.80. The quantitative estimate of drug-likeness (QED) is 0.599. The van der Waals surface area contributed by atoms with E-state index in [0.29, 0.717) is 5.56 Å². The smallest absolute Gasteiger partial charge is 0.185 e. The van der Waals surface area contributed by atoms with E-state index in [1.54, 1.807) is 12.1 Å². The number of allylic oxidation sites excluding steroid dienone is 2. The molecular formula is C15H17FO2. The molecule has 3 heteroatoms. The van der Waals surface area contributed by atoms with Gasteiger partial charge >= 0.3 is 0 Å². The zero-order chi connectivity index (χ0) is 13.0. The standard InChI is InChI=1S/C15H17FO2/c1-18-15-8-7-12(10-13(15)16)14(17)9-11-5-3-2-4-6-11/h7-10H,2-6H2,1H3. The molecular weight excluding hydrogens is 231 g/mol. The minimum Gasteiger partial charge on any atom is -0.494 e. The number of halogens is 1. The molecule has 18 heavy (non-hydrogen) atoms. The average Bonchev–Trinajstić information content (AvgIpc) is 2.39. The van der Waals surface area contributed by atoms with Crippen LogP contribution in [0.4, 0.5) is 4.39 Å². The Labute approximate surface area is 106 Å². The van der Waals surface area contributed by atoms with E-state index in [1.165, 1.54) is 31.2 Å². The van der Waals surface area contributed by atoms with E-state index in [1.807, 2.05) is 0 Å². The van der Waals surface area contributed by atoms with E-state index in [-0.39, 0.29) is 11.5 Å². The summed E-state index contributed by atoms with van der Waals surface area (Å²) in [6.07, 6.45) is 7.18. The summed E-state index contributed by atoms with van der Waals surface area (Å²) in [5, 5.41) is 0. The molecule has 96 valence electrons. The number of rotatable bonds is 3. The Morgan fingerprint density at radius 2 is 2.00 bits per heavy atom. The van der Waals surface area contributed by atoms with Crippen molar-refractivity contribution in [2.45, 2.75) is 32.1 Å². The summed E-state index contributed by atoms with van der Waals surface area (Å²) in [5.74, 6) is -0.448. The third-order valence-electron chi connectivity index (χ3n) is 3.27.